The molecule has 1 N–H and O–H groups in total. The average Bonchev–Trinajstić information content (AvgIpc) is 2.92. The highest BCUT2D eigenvalue weighted by atomic mass is 16.3. The van der Waals surface area contributed by atoms with Crippen molar-refractivity contribution in [1.82, 2.24) is 15.2 Å². The summed E-state index contributed by atoms with van der Waals surface area (Å²) in [6.45, 7) is 2.40. The molecule has 3 heterocycles. The van der Waals surface area contributed by atoms with Gasteiger partial charge >= 0.3 is 0 Å². The number of carbonyl (C=O) groups excluding carboxylic acids is 2. The zero-order chi connectivity index (χ0) is 16.0. The smallest absolute Gasteiger partial charge is 0.246 e. The molecule has 0 saturated heterocycles. The number of rotatable bonds is 1. The Balaban J connectivity index is 1.88. The van der Waals surface area contributed by atoms with Gasteiger partial charge in [-0.25, -0.2) is 4.98 Å². The van der Waals surface area contributed by atoms with Crippen molar-refractivity contribution in [3.8, 4) is 11.3 Å². The third kappa shape index (κ3) is 2.23. The first-order chi connectivity index (χ1) is 11.1. The van der Waals surface area contributed by atoms with E-state index in [1.807, 2.05) is 18.2 Å². The summed E-state index contributed by atoms with van der Waals surface area (Å²) < 4.78 is 5.32. The molecule has 23 heavy (non-hydrogen) atoms. The van der Waals surface area contributed by atoms with Gasteiger partial charge in [0.2, 0.25) is 11.8 Å². The standard InChI is InChI=1S/C17H15N3O3/c1-10-19-14(9-23-10)12-3-2-4-13-11(12)5-6-20-15(13)7-16(21)18-8-17(20)22/h2-4,7,9H,5-6,8H2,1H3,(H,18,21). The number of oxazole rings is 1. The summed E-state index contributed by atoms with van der Waals surface area (Å²) in [5.74, 6) is 0.278. The van der Waals surface area contributed by atoms with E-state index in [1.54, 1.807) is 18.1 Å². The van der Waals surface area contributed by atoms with Crippen molar-refractivity contribution in [2.45, 2.75) is 13.3 Å². The van der Waals surface area contributed by atoms with E-state index >= 15 is 0 Å². The Bertz CT molecular complexity index is 851. The van der Waals surface area contributed by atoms with E-state index in [2.05, 4.69) is 10.3 Å². The highest BCUT2D eigenvalue weighted by molar-refractivity contribution is 6.04. The Morgan fingerprint density at radius 2 is 2.09 bits per heavy atom. The van der Waals surface area contributed by atoms with E-state index in [1.165, 1.54) is 6.08 Å². The van der Waals surface area contributed by atoms with Gasteiger partial charge in [0.05, 0.1) is 12.2 Å². The number of fused-ring (bicyclic) bond motifs is 3. The third-order valence-electron chi connectivity index (χ3n) is 4.21. The molecule has 6 nitrogen and oxygen atoms in total. The lowest BCUT2D eigenvalue weighted by molar-refractivity contribution is -0.128. The maximum Gasteiger partial charge on any atom is 0.246 e. The predicted molar refractivity (Wildman–Crippen MR) is 83.1 cm³/mol. The number of carbonyl (C=O) groups is 2. The SMILES string of the molecule is Cc1nc(-c2cccc3c2CCN2C(=O)CNC(=O)C=C32)co1. The van der Waals surface area contributed by atoms with Crippen molar-refractivity contribution in [2.24, 2.45) is 0 Å². The lowest BCUT2D eigenvalue weighted by atomic mass is 9.90. The maximum atomic E-state index is 12.2. The van der Waals surface area contributed by atoms with E-state index in [4.69, 9.17) is 4.42 Å². The van der Waals surface area contributed by atoms with Crippen LogP contribution in [0.1, 0.15) is 17.0 Å². The molecule has 1 aromatic heterocycles. The molecule has 2 aliphatic rings. The van der Waals surface area contributed by atoms with Crippen LogP contribution in [0.25, 0.3) is 17.0 Å². The summed E-state index contributed by atoms with van der Waals surface area (Å²) >= 11 is 0. The van der Waals surface area contributed by atoms with E-state index < -0.39 is 0 Å². The molecule has 0 bridgehead atoms. The van der Waals surface area contributed by atoms with Crippen LogP contribution < -0.4 is 5.32 Å². The molecular weight excluding hydrogens is 294 g/mol. The zero-order valence-corrected chi connectivity index (χ0v) is 12.6. The van der Waals surface area contributed by atoms with Gasteiger partial charge in [0.1, 0.15) is 12.0 Å². The fourth-order valence-corrected chi connectivity index (χ4v) is 3.16. The highest BCUT2D eigenvalue weighted by Gasteiger charge is 2.30. The fourth-order valence-electron chi connectivity index (χ4n) is 3.16. The van der Waals surface area contributed by atoms with Crippen LogP contribution in [-0.4, -0.2) is 34.8 Å². The van der Waals surface area contributed by atoms with Crippen molar-refractivity contribution in [1.29, 1.82) is 0 Å². The number of nitrogens with one attached hydrogen (secondary N) is 1. The summed E-state index contributed by atoms with van der Waals surface area (Å²) in [6, 6.07) is 5.84. The van der Waals surface area contributed by atoms with Crippen molar-refractivity contribution in [2.75, 3.05) is 13.1 Å². The van der Waals surface area contributed by atoms with Gasteiger partial charge in [-0.2, -0.15) is 0 Å². The summed E-state index contributed by atoms with van der Waals surface area (Å²) in [4.78, 5) is 30.1. The van der Waals surface area contributed by atoms with Crippen molar-refractivity contribution >= 4 is 17.5 Å². The summed E-state index contributed by atoms with van der Waals surface area (Å²) in [7, 11) is 0. The normalized spacial score (nSPS) is 17.1. The topological polar surface area (TPSA) is 75.4 Å². The van der Waals surface area contributed by atoms with Crippen LogP contribution in [0.4, 0.5) is 0 Å². The Morgan fingerprint density at radius 3 is 2.87 bits per heavy atom. The molecule has 0 atom stereocenters. The Labute approximate surface area is 132 Å². The Kier molecular flexibility index (Phi) is 3.04. The van der Waals surface area contributed by atoms with E-state index in [9.17, 15) is 9.59 Å². The molecule has 2 amide bonds. The largest absolute Gasteiger partial charge is 0.449 e. The lowest BCUT2D eigenvalue weighted by Crippen LogP contribution is -2.38. The third-order valence-corrected chi connectivity index (χ3v) is 4.21. The highest BCUT2D eigenvalue weighted by Crippen LogP contribution is 2.35. The van der Waals surface area contributed by atoms with E-state index in [-0.39, 0.29) is 18.4 Å². The summed E-state index contributed by atoms with van der Waals surface area (Å²) in [5, 5.41) is 2.60. The molecule has 116 valence electrons. The number of aromatic nitrogens is 1. The van der Waals surface area contributed by atoms with Crippen molar-refractivity contribution in [3.63, 3.8) is 0 Å². The van der Waals surface area contributed by atoms with Crippen molar-refractivity contribution in [3.05, 3.63) is 47.6 Å². The van der Waals surface area contributed by atoms with Gasteiger partial charge in [0.25, 0.3) is 0 Å². The van der Waals surface area contributed by atoms with Crippen LogP contribution in [0.5, 0.6) is 0 Å². The molecule has 0 spiro atoms. The minimum Gasteiger partial charge on any atom is -0.449 e. The Morgan fingerprint density at radius 1 is 1.26 bits per heavy atom. The molecule has 1 aromatic carbocycles. The average molecular weight is 309 g/mol. The molecule has 2 aromatic rings. The second-order valence-corrected chi connectivity index (χ2v) is 5.63. The first-order valence-corrected chi connectivity index (χ1v) is 7.48. The zero-order valence-electron chi connectivity index (χ0n) is 12.6. The minimum absolute atomic E-state index is 0.0380. The molecule has 0 fully saturated rings. The minimum atomic E-state index is -0.244. The second-order valence-electron chi connectivity index (χ2n) is 5.63. The van der Waals surface area contributed by atoms with E-state index in [0.717, 1.165) is 22.4 Å². The number of aryl methyl sites for hydroxylation is 1. The van der Waals surface area contributed by atoms with Gasteiger partial charge in [0.15, 0.2) is 5.89 Å². The van der Waals surface area contributed by atoms with Crippen LogP contribution >= 0.6 is 0 Å². The quantitative estimate of drug-likeness (QED) is 0.866. The van der Waals surface area contributed by atoms with Crippen LogP contribution in [0, 0.1) is 6.92 Å². The van der Waals surface area contributed by atoms with Gasteiger partial charge in [0, 0.05) is 30.7 Å². The lowest BCUT2D eigenvalue weighted by Gasteiger charge is -2.31. The molecule has 6 heteroatoms. The summed E-state index contributed by atoms with van der Waals surface area (Å²) in [5.41, 5.74) is 4.41. The predicted octanol–water partition coefficient (Wildman–Crippen LogP) is 1.51. The van der Waals surface area contributed by atoms with Gasteiger partial charge in [-0.1, -0.05) is 18.2 Å². The fraction of sp³-hybridized carbons (Fsp3) is 0.235. The number of hydrogen-bond donors (Lipinski definition) is 1. The second kappa shape index (κ2) is 5.08. The van der Waals surface area contributed by atoms with Crippen molar-refractivity contribution < 1.29 is 14.0 Å². The van der Waals surface area contributed by atoms with Gasteiger partial charge in [-0.15, -0.1) is 0 Å². The first kappa shape index (κ1) is 13.8. The van der Waals surface area contributed by atoms with Crippen LogP contribution in [0.3, 0.4) is 0 Å². The summed E-state index contributed by atoms with van der Waals surface area (Å²) in [6.07, 6.45) is 3.85. The van der Waals surface area contributed by atoms with Gasteiger partial charge in [-0.05, 0) is 12.0 Å². The molecule has 4 rings (SSSR count). The monoisotopic (exact) mass is 309 g/mol. The number of hydrogen-bond acceptors (Lipinski definition) is 4. The molecular formula is C17H15N3O3. The molecule has 0 radical (unpaired) electrons. The van der Waals surface area contributed by atoms with Crippen LogP contribution in [-0.2, 0) is 16.0 Å². The van der Waals surface area contributed by atoms with E-state index in [0.29, 0.717) is 24.6 Å². The number of nitrogens with zero attached hydrogens (tertiary/aromatic N) is 2. The van der Waals surface area contributed by atoms with Gasteiger partial charge in [-0.3, -0.25) is 9.59 Å². The van der Waals surface area contributed by atoms with Crippen LogP contribution in [0.15, 0.2) is 35.0 Å². The van der Waals surface area contributed by atoms with Crippen LogP contribution in [0.2, 0.25) is 0 Å². The number of benzene rings is 1. The first-order valence-electron chi connectivity index (χ1n) is 7.48. The number of amides is 2. The molecule has 0 saturated carbocycles. The van der Waals surface area contributed by atoms with Gasteiger partial charge < -0.3 is 14.6 Å². The molecule has 0 aliphatic carbocycles. The maximum absolute atomic E-state index is 12.2. The Hall–Kier alpha value is -2.89. The molecule has 2 aliphatic heterocycles. The molecule has 0 unspecified atom stereocenters.